The van der Waals surface area contributed by atoms with Crippen molar-refractivity contribution in [1.29, 1.82) is 0 Å². The standard InChI is InChI=1S/C22H35N3O2/c1-19-7-8-20(2)21(17-19)27-16-6-9-23-12-14-24(15-13-23)18-22(26)25-10-4-3-5-11-25/h7-8,17H,3-6,9-16,18H2,1-2H3. The van der Waals surface area contributed by atoms with Crippen molar-refractivity contribution in [2.24, 2.45) is 0 Å². The molecule has 0 saturated carbocycles. The number of likely N-dealkylation sites (tertiary alicyclic amines) is 1. The van der Waals surface area contributed by atoms with E-state index in [0.717, 1.165) is 64.6 Å². The van der Waals surface area contributed by atoms with E-state index >= 15 is 0 Å². The number of amides is 1. The van der Waals surface area contributed by atoms with Gasteiger partial charge in [-0.05, 0) is 56.7 Å². The van der Waals surface area contributed by atoms with Crippen molar-refractivity contribution in [3.05, 3.63) is 29.3 Å². The fourth-order valence-electron chi connectivity index (χ4n) is 3.94. The molecule has 0 unspecified atom stereocenters. The molecule has 150 valence electrons. The summed E-state index contributed by atoms with van der Waals surface area (Å²) in [5.74, 6) is 1.33. The molecule has 0 aromatic heterocycles. The molecule has 0 radical (unpaired) electrons. The van der Waals surface area contributed by atoms with E-state index in [1.54, 1.807) is 0 Å². The molecule has 2 saturated heterocycles. The zero-order valence-corrected chi connectivity index (χ0v) is 17.1. The SMILES string of the molecule is Cc1ccc(C)c(OCCCN2CCN(CC(=O)N3CCCCC3)CC2)c1. The van der Waals surface area contributed by atoms with Crippen molar-refractivity contribution in [2.45, 2.75) is 39.5 Å². The number of nitrogens with zero attached hydrogens (tertiary/aromatic N) is 3. The summed E-state index contributed by atoms with van der Waals surface area (Å²) in [7, 11) is 0. The van der Waals surface area contributed by atoms with E-state index in [1.165, 1.54) is 30.4 Å². The highest BCUT2D eigenvalue weighted by molar-refractivity contribution is 5.78. The van der Waals surface area contributed by atoms with Crippen LogP contribution in [0.4, 0.5) is 0 Å². The zero-order chi connectivity index (χ0) is 19.1. The van der Waals surface area contributed by atoms with Crippen LogP contribution in [-0.4, -0.2) is 79.6 Å². The molecular formula is C22H35N3O2. The van der Waals surface area contributed by atoms with Crippen LogP contribution in [0.1, 0.15) is 36.8 Å². The van der Waals surface area contributed by atoms with Gasteiger partial charge in [0.1, 0.15) is 5.75 Å². The van der Waals surface area contributed by atoms with Gasteiger partial charge in [-0.3, -0.25) is 9.69 Å². The fraction of sp³-hybridized carbons (Fsp3) is 0.682. The van der Waals surface area contributed by atoms with Crippen LogP contribution in [0.15, 0.2) is 18.2 Å². The summed E-state index contributed by atoms with van der Waals surface area (Å²) in [5, 5.41) is 0. The Balaban J connectivity index is 1.30. The highest BCUT2D eigenvalue weighted by atomic mass is 16.5. The van der Waals surface area contributed by atoms with Gasteiger partial charge in [-0.25, -0.2) is 0 Å². The van der Waals surface area contributed by atoms with Gasteiger partial charge in [0.25, 0.3) is 0 Å². The van der Waals surface area contributed by atoms with Crippen LogP contribution in [0.3, 0.4) is 0 Å². The summed E-state index contributed by atoms with van der Waals surface area (Å²) < 4.78 is 5.96. The minimum Gasteiger partial charge on any atom is -0.493 e. The molecule has 0 atom stereocenters. The Hall–Kier alpha value is -1.59. The Bertz CT molecular complexity index is 606. The summed E-state index contributed by atoms with van der Waals surface area (Å²) in [6.07, 6.45) is 4.66. The van der Waals surface area contributed by atoms with Crippen LogP contribution < -0.4 is 4.74 Å². The number of carbonyl (C=O) groups excluding carboxylic acids is 1. The Morgan fingerprint density at radius 2 is 1.67 bits per heavy atom. The first-order valence-corrected chi connectivity index (χ1v) is 10.5. The molecule has 2 heterocycles. The van der Waals surface area contributed by atoms with E-state index in [1.807, 2.05) is 0 Å². The third kappa shape index (κ3) is 6.22. The minimum atomic E-state index is 0.324. The van der Waals surface area contributed by atoms with Crippen molar-refractivity contribution in [2.75, 3.05) is 59.0 Å². The molecule has 2 fully saturated rings. The topological polar surface area (TPSA) is 36.0 Å². The molecule has 2 aliphatic rings. The maximum Gasteiger partial charge on any atom is 0.236 e. The quantitative estimate of drug-likeness (QED) is 0.689. The highest BCUT2D eigenvalue weighted by Crippen LogP contribution is 2.19. The highest BCUT2D eigenvalue weighted by Gasteiger charge is 2.22. The number of hydrogen-bond donors (Lipinski definition) is 0. The molecule has 3 rings (SSSR count). The predicted molar refractivity (Wildman–Crippen MR) is 109 cm³/mol. The second-order valence-corrected chi connectivity index (χ2v) is 8.03. The van der Waals surface area contributed by atoms with Crippen LogP contribution in [0, 0.1) is 13.8 Å². The molecule has 0 N–H and O–H groups in total. The van der Waals surface area contributed by atoms with E-state index in [9.17, 15) is 4.79 Å². The lowest BCUT2D eigenvalue weighted by molar-refractivity contribution is -0.133. The third-order valence-corrected chi connectivity index (χ3v) is 5.75. The van der Waals surface area contributed by atoms with Gasteiger partial charge in [0.05, 0.1) is 13.2 Å². The van der Waals surface area contributed by atoms with Crippen LogP contribution in [0.5, 0.6) is 5.75 Å². The number of rotatable bonds is 7. The van der Waals surface area contributed by atoms with E-state index in [0.29, 0.717) is 12.5 Å². The maximum absolute atomic E-state index is 12.4. The molecule has 1 aromatic carbocycles. The molecule has 2 aliphatic heterocycles. The largest absolute Gasteiger partial charge is 0.493 e. The van der Waals surface area contributed by atoms with E-state index in [-0.39, 0.29) is 0 Å². The molecular weight excluding hydrogens is 338 g/mol. The van der Waals surface area contributed by atoms with Crippen molar-refractivity contribution in [1.82, 2.24) is 14.7 Å². The lowest BCUT2D eigenvalue weighted by Crippen LogP contribution is -2.50. The number of carbonyl (C=O) groups is 1. The number of benzene rings is 1. The average Bonchev–Trinajstić information content (AvgIpc) is 2.69. The first kappa shape index (κ1) is 20.2. The number of piperazine rings is 1. The Morgan fingerprint density at radius 3 is 2.41 bits per heavy atom. The second-order valence-electron chi connectivity index (χ2n) is 8.03. The Kier molecular flexibility index (Phi) is 7.53. The average molecular weight is 374 g/mol. The molecule has 0 spiro atoms. The lowest BCUT2D eigenvalue weighted by Gasteiger charge is -2.36. The van der Waals surface area contributed by atoms with Gasteiger partial charge in [-0.2, -0.15) is 0 Å². The fourth-order valence-corrected chi connectivity index (χ4v) is 3.94. The van der Waals surface area contributed by atoms with Gasteiger partial charge in [0.15, 0.2) is 0 Å². The number of hydrogen-bond acceptors (Lipinski definition) is 4. The molecule has 5 nitrogen and oxygen atoms in total. The number of ether oxygens (including phenoxy) is 1. The van der Waals surface area contributed by atoms with Crippen LogP contribution in [0.25, 0.3) is 0 Å². The van der Waals surface area contributed by atoms with Gasteiger partial charge in [0, 0.05) is 45.8 Å². The summed E-state index contributed by atoms with van der Waals surface area (Å²) in [5.41, 5.74) is 2.44. The van der Waals surface area contributed by atoms with Crippen molar-refractivity contribution in [3.8, 4) is 5.75 Å². The smallest absolute Gasteiger partial charge is 0.236 e. The molecule has 5 heteroatoms. The summed E-state index contributed by atoms with van der Waals surface area (Å²) >= 11 is 0. The van der Waals surface area contributed by atoms with Crippen molar-refractivity contribution >= 4 is 5.91 Å². The summed E-state index contributed by atoms with van der Waals surface area (Å²) in [6, 6.07) is 6.36. The van der Waals surface area contributed by atoms with Gasteiger partial charge >= 0.3 is 0 Å². The number of aryl methyl sites for hydroxylation is 2. The normalized spacial score (nSPS) is 19.3. The van der Waals surface area contributed by atoms with Gasteiger partial charge in [-0.1, -0.05) is 12.1 Å². The molecule has 1 aromatic rings. The first-order chi connectivity index (χ1) is 13.1. The van der Waals surface area contributed by atoms with Gasteiger partial charge < -0.3 is 14.5 Å². The molecule has 0 bridgehead atoms. The van der Waals surface area contributed by atoms with E-state index in [4.69, 9.17) is 4.74 Å². The van der Waals surface area contributed by atoms with Crippen LogP contribution in [0.2, 0.25) is 0 Å². The first-order valence-electron chi connectivity index (χ1n) is 10.5. The van der Waals surface area contributed by atoms with E-state index in [2.05, 4.69) is 46.7 Å². The lowest BCUT2D eigenvalue weighted by atomic mass is 10.1. The second kappa shape index (κ2) is 10.1. The van der Waals surface area contributed by atoms with Crippen LogP contribution in [-0.2, 0) is 4.79 Å². The third-order valence-electron chi connectivity index (χ3n) is 5.75. The summed E-state index contributed by atoms with van der Waals surface area (Å²) in [6.45, 7) is 12.6. The predicted octanol–water partition coefficient (Wildman–Crippen LogP) is 2.70. The van der Waals surface area contributed by atoms with Crippen molar-refractivity contribution in [3.63, 3.8) is 0 Å². The number of piperidine rings is 1. The Morgan fingerprint density at radius 1 is 0.963 bits per heavy atom. The monoisotopic (exact) mass is 373 g/mol. The van der Waals surface area contributed by atoms with E-state index < -0.39 is 0 Å². The zero-order valence-electron chi connectivity index (χ0n) is 17.1. The van der Waals surface area contributed by atoms with Crippen molar-refractivity contribution < 1.29 is 9.53 Å². The Labute approximate surface area is 164 Å². The molecule has 27 heavy (non-hydrogen) atoms. The van der Waals surface area contributed by atoms with Crippen LogP contribution >= 0.6 is 0 Å². The summed E-state index contributed by atoms with van der Waals surface area (Å²) in [4.78, 5) is 19.3. The molecule has 1 amide bonds. The van der Waals surface area contributed by atoms with Gasteiger partial charge in [-0.15, -0.1) is 0 Å². The minimum absolute atomic E-state index is 0.324. The maximum atomic E-state index is 12.4. The van der Waals surface area contributed by atoms with Gasteiger partial charge in [0.2, 0.25) is 5.91 Å². The molecule has 0 aliphatic carbocycles.